The zero-order chi connectivity index (χ0) is 11.5. The van der Waals surface area contributed by atoms with Gasteiger partial charge in [-0.3, -0.25) is 4.79 Å². The summed E-state index contributed by atoms with van der Waals surface area (Å²) >= 11 is 0. The number of hydrogen-bond donors (Lipinski definition) is 1. The minimum Gasteiger partial charge on any atom is -0.481 e. The highest BCUT2D eigenvalue weighted by Gasteiger charge is 2.23. The molecule has 2 nitrogen and oxygen atoms in total. The third-order valence-electron chi connectivity index (χ3n) is 2.43. The third-order valence-corrected chi connectivity index (χ3v) is 2.43. The van der Waals surface area contributed by atoms with Crippen LogP contribution < -0.4 is 0 Å². The molecule has 2 heteroatoms. The monoisotopic (exact) mass is 202 g/mol. The van der Waals surface area contributed by atoms with Crippen molar-refractivity contribution in [1.29, 1.82) is 0 Å². The number of carbonyl (C=O) groups is 1. The molecule has 0 aliphatic carbocycles. The molecular formula is C13H14O2. The molecule has 0 saturated heterocycles. The Morgan fingerprint density at radius 3 is 2.33 bits per heavy atom. The highest BCUT2D eigenvalue weighted by atomic mass is 16.4. The minimum atomic E-state index is -0.791. The minimum absolute atomic E-state index is 0.113. The van der Waals surface area contributed by atoms with Crippen LogP contribution in [-0.2, 0) is 10.2 Å². The third kappa shape index (κ3) is 2.85. The topological polar surface area (TPSA) is 37.3 Å². The zero-order valence-electron chi connectivity index (χ0n) is 8.95. The van der Waals surface area contributed by atoms with E-state index in [2.05, 4.69) is 5.92 Å². The van der Waals surface area contributed by atoms with E-state index in [1.165, 1.54) is 0 Å². The Hall–Kier alpha value is -1.75. The molecule has 0 bridgehead atoms. The molecule has 1 aromatic carbocycles. The number of rotatable bonds is 3. The summed E-state index contributed by atoms with van der Waals surface area (Å²) in [7, 11) is 0. The van der Waals surface area contributed by atoms with Crippen molar-refractivity contribution in [2.24, 2.45) is 0 Å². The Labute approximate surface area is 89.9 Å². The first-order chi connectivity index (χ1) is 6.95. The van der Waals surface area contributed by atoms with Gasteiger partial charge in [0, 0.05) is 11.0 Å². The fourth-order valence-electron chi connectivity index (χ4n) is 1.50. The van der Waals surface area contributed by atoms with Crippen LogP contribution in [0.4, 0.5) is 0 Å². The van der Waals surface area contributed by atoms with Crippen LogP contribution >= 0.6 is 0 Å². The van der Waals surface area contributed by atoms with E-state index in [1.807, 2.05) is 38.1 Å². The Morgan fingerprint density at radius 1 is 1.40 bits per heavy atom. The van der Waals surface area contributed by atoms with Crippen molar-refractivity contribution in [3.05, 3.63) is 35.4 Å². The van der Waals surface area contributed by atoms with Gasteiger partial charge in [0.15, 0.2) is 0 Å². The summed E-state index contributed by atoms with van der Waals surface area (Å²) in [5.41, 5.74) is 1.44. The van der Waals surface area contributed by atoms with E-state index in [9.17, 15) is 4.79 Å². The fourth-order valence-corrected chi connectivity index (χ4v) is 1.50. The molecule has 0 spiro atoms. The van der Waals surface area contributed by atoms with Crippen molar-refractivity contribution >= 4 is 5.97 Å². The van der Waals surface area contributed by atoms with Gasteiger partial charge in [-0.1, -0.05) is 31.9 Å². The Bertz CT molecular complexity index is 394. The highest BCUT2D eigenvalue weighted by Crippen LogP contribution is 2.26. The number of carboxylic acid groups (broad SMARTS) is 1. The van der Waals surface area contributed by atoms with Crippen LogP contribution in [0.1, 0.15) is 31.4 Å². The Morgan fingerprint density at radius 2 is 1.93 bits per heavy atom. The van der Waals surface area contributed by atoms with Gasteiger partial charge in [0.1, 0.15) is 0 Å². The molecule has 0 saturated carbocycles. The molecule has 1 N–H and O–H groups in total. The summed E-state index contributed by atoms with van der Waals surface area (Å²) in [4.78, 5) is 10.7. The number of terminal acetylenes is 1. The maximum absolute atomic E-state index is 10.7. The molecule has 0 unspecified atom stereocenters. The molecule has 1 aromatic rings. The van der Waals surface area contributed by atoms with Gasteiger partial charge < -0.3 is 5.11 Å². The Balaban J connectivity index is 2.95. The smallest absolute Gasteiger partial charge is 0.304 e. The lowest BCUT2D eigenvalue weighted by atomic mass is 9.81. The first-order valence-corrected chi connectivity index (χ1v) is 4.74. The molecule has 0 amide bonds. The van der Waals surface area contributed by atoms with Crippen LogP contribution in [-0.4, -0.2) is 11.1 Å². The van der Waals surface area contributed by atoms with Gasteiger partial charge in [0.05, 0.1) is 6.42 Å². The van der Waals surface area contributed by atoms with Crippen LogP contribution in [0.5, 0.6) is 0 Å². The maximum Gasteiger partial charge on any atom is 0.304 e. The zero-order valence-corrected chi connectivity index (χ0v) is 8.95. The van der Waals surface area contributed by atoms with Gasteiger partial charge >= 0.3 is 5.97 Å². The first-order valence-electron chi connectivity index (χ1n) is 4.74. The van der Waals surface area contributed by atoms with Gasteiger partial charge in [0.25, 0.3) is 0 Å². The number of aliphatic carboxylic acids is 1. The van der Waals surface area contributed by atoms with Crippen molar-refractivity contribution in [2.45, 2.75) is 25.7 Å². The molecule has 1 rings (SSSR count). The first kappa shape index (κ1) is 11.3. The second-order valence-corrected chi connectivity index (χ2v) is 4.18. The predicted molar refractivity (Wildman–Crippen MR) is 59.7 cm³/mol. The molecular weight excluding hydrogens is 188 g/mol. The quantitative estimate of drug-likeness (QED) is 0.764. The Kier molecular flexibility index (Phi) is 3.16. The van der Waals surface area contributed by atoms with Crippen molar-refractivity contribution in [2.75, 3.05) is 0 Å². The number of benzene rings is 1. The van der Waals surface area contributed by atoms with E-state index < -0.39 is 5.97 Å². The van der Waals surface area contributed by atoms with E-state index >= 15 is 0 Å². The van der Waals surface area contributed by atoms with E-state index in [0.717, 1.165) is 11.1 Å². The summed E-state index contributed by atoms with van der Waals surface area (Å²) in [5, 5.41) is 8.78. The summed E-state index contributed by atoms with van der Waals surface area (Å²) in [6.45, 7) is 3.82. The van der Waals surface area contributed by atoms with Crippen LogP contribution in [0.2, 0.25) is 0 Å². The standard InChI is InChI=1S/C13H14O2/c1-4-10-5-7-11(8-6-10)13(2,3)9-12(14)15/h1,5-8H,9H2,2-3H3,(H,14,15). The molecule has 0 heterocycles. The molecule has 0 fully saturated rings. The second-order valence-electron chi connectivity index (χ2n) is 4.18. The molecule has 0 aromatic heterocycles. The number of hydrogen-bond acceptors (Lipinski definition) is 1. The fraction of sp³-hybridized carbons (Fsp3) is 0.308. The summed E-state index contributed by atoms with van der Waals surface area (Å²) < 4.78 is 0. The van der Waals surface area contributed by atoms with Crippen LogP contribution in [0.25, 0.3) is 0 Å². The van der Waals surface area contributed by atoms with E-state index in [0.29, 0.717) is 0 Å². The van der Waals surface area contributed by atoms with Crippen molar-refractivity contribution < 1.29 is 9.90 Å². The van der Waals surface area contributed by atoms with Crippen LogP contribution in [0.3, 0.4) is 0 Å². The summed E-state index contributed by atoms with van der Waals surface area (Å²) in [6.07, 6.45) is 5.36. The molecule has 78 valence electrons. The number of carboxylic acids is 1. The largest absolute Gasteiger partial charge is 0.481 e. The summed E-state index contributed by atoms with van der Waals surface area (Å²) in [5.74, 6) is 1.74. The van der Waals surface area contributed by atoms with E-state index in [-0.39, 0.29) is 11.8 Å². The van der Waals surface area contributed by atoms with Crippen LogP contribution in [0.15, 0.2) is 24.3 Å². The lowest BCUT2D eigenvalue weighted by Gasteiger charge is -2.22. The van der Waals surface area contributed by atoms with Gasteiger partial charge in [0.2, 0.25) is 0 Å². The van der Waals surface area contributed by atoms with Gasteiger partial charge in [-0.15, -0.1) is 6.42 Å². The van der Waals surface area contributed by atoms with Crippen molar-refractivity contribution in [1.82, 2.24) is 0 Å². The lowest BCUT2D eigenvalue weighted by Crippen LogP contribution is -2.21. The predicted octanol–water partition coefficient (Wildman–Crippen LogP) is 2.42. The van der Waals surface area contributed by atoms with Gasteiger partial charge in [-0.05, 0) is 17.7 Å². The van der Waals surface area contributed by atoms with E-state index in [4.69, 9.17) is 11.5 Å². The van der Waals surface area contributed by atoms with Crippen molar-refractivity contribution in [3.8, 4) is 12.3 Å². The van der Waals surface area contributed by atoms with Crippen molar-refractivity contribution in [3.63, 3.8) is 0 Å². The van der Waals surface area contributed by atoms with Crippen LogP contribution in [0, 0.1) is 12.3 Å². The second kappa shape index (κ2) is 4.18. The molecule has 0 aliphatic heterocycles. The van der Waals surface area contributed by atoms with Gasteiger partial charge in [-0.25, -0.2) is 0 Å². The molecule has 0 atom stereocenters. The summed E-state index contributed by atoms with van der Waals surface area (Å²) in [6, 6.07) is 7.44. The normalized spacial score (nSPS) is 10.7. The molecule has 0 radical (unpaired) electrons. The maximum atomic E-state index is 10.7. The molecule has 15 heavy (non-hydrogen) atoms. The molecule has 0 aliphatic rings. The average molecular weight is 202 g/mol. The average Bonchev–Trinajstić information content (AvgIpc) is 2.16. The van der Waals surface area contributed by atoms with E-state index in [1.54, 1.807) is 0 Å². The highest BCUT2D eigenvalue weighted by molar-refractivity contribution is 5.68. The lowest BCUT2D eigenvalue weighted by molar-refractivity contribution is -0.138. The van der Waals surface area contributed by atoms with Gasteiger partial charge in [-0.2, -0.15) is 0 Å². The SMILES string of the molecule is C#Cc1ccc(C(C)(C)CC(=O)O)cc1.